The van der Waals surface area contributed by atoms with E-state index < -0.39 is 11.6 Å². The summed E-state index contributed by atoms with van der Waals surface area (Å²) >= 11 is 5.12. The van der Waals surface area contributed by atoms with Crippen molar-refractivity contribution in [1.82, 2.24) is 5.32 Å². The molecule has 2 rings (SSSR count). The number of benzene rings is 1. The minimum absolute atomic E-state index is 0.116. The van der Waals surface area contributed by atoms with Crippen molar-refractivity contribution in [3.63, 3.8) is 0 Å². The maximum atomic E-state index is 13.4. The summed E-state index contributed by atoms with van der Waals surface area (Å²) in [7, 11) is 0. The SMILES string of the molecule is CCNC(c1ccc(F)c(F)c1)c1cc(Br)c(C)s1. The number of rotatable bonds is 4. The molecule has 0 bridgehead atoms. The fraction of sp³-hybridized carbons (Fsp3) is 0.286. The van der Waals surface area contributed by atoms with Crippen LogP contribution < -0.4 is 5.32 Å². The van der Waals surface area contributed by atoms with E-state index in [9.17, 15) is 8.78 Å². The molecule has 0 saturated carbocycles. The number of thiophene rings is 1. The van der Waals surface area contributed by atoms with Crippen molar-refractivity contribution >= 4 is 27.3 Å². The van der Waals surface area contributed by atoms with Crippen LogP contribution in [0.5, 0.6) is 0 Å². The summed E-state index contributed by atoms with van der Waals surface area (Å²) in [4.78, 5) is 2.25. The molecule has 1 aromatic heterocycles. The van der Waals surface area contributed by atoms with Gasteiger partial charge in [0.05, 0.1) is 6.04 Å². The lowest BCUT2D eigenvalue weighted by atomic mass is 10.0. The summed E-state index contributed by atoms with van der Waals surface area (Å²) in [6.45, 7) is 4.76. The molecule has 0 amide bonds. The lowest BCUT2D eigenvalue weighted by molar-refractivity contribution is 0.504. The Hall–Kier alpha value is -0.780. The molecular formula is C14H14BrF2NS. The van der Waals surface area contributed by atoms with Crippen LogP contribution in [0.4, 0.5) is 8.78 Å². The van der Waals surface area contributed by atoms with Gasteiger partial charge in [-0.05, 0) is 53.2 Å². The van der Waals surface area contributed by atoms with Crippen LogP contribution in [0.15, 0.2) is 28.7 Å². The van der Waals surface area contributed by atoms with Gasteiger partial charge in [-0.1, -0.05) is 13.0 Å². The fourth-order valence-electron chi connectivity index (χ4n) is 1.90. The summed E-state index contributed by atoms with van der Waals surface area (Å²) in [6, 6.07) is 5.95. The molecule has 0 aliphatic heterocycles. The first-order valence-corrected chi connectivity index (χ1v) is 7.58. The molecule has 2 aromatic rings. The van der Waals surface area contributed by atoms with E-state index in [0.29, 0.717) is 0 Å². The van der Waals surface area contributed by atoms with E-state index >= 15 is 0 Å². The molecule has 0 fully saturated rings. The summed E-state index contributed by atoms with van der Waals surface area (Å²) in [5, 5.41) is 3.30. The quantitative estimate of drug-likeness (QED) is 0.839. The van der Waals surface area contributed by atoms with Gasteiger partial charge in [0.2, 0.25) is 0 Å². The standard InChI is InChI=1S/C14H14BrF2NS/c1-3-18-14(13-7-10(15)8(2)19-13)9-4-5-11(16)12(17)6-9/h4-7,14,18H,3H2,1-2H3. The van der Waals surface area contributed by atoms with Crippen molar-refractivity contribution in [3.05, 3.63) is 55.7 Å². The van der Waals surface area contributed by atoms with Crippen molar-refractivity contribution < 1.29 is 8.78 Å². The molecule has 0 spiro atoms. The normalized spacial score (nSPS) is 12.7. The molecule has 102 valence electrons. The van der Waals surface area contributed by atoms with Gasteiger partial charge in [-0.25, -0.2) is 8.78 Å². The number of hydrogen-bond acceptors (Lipinski definition) is 2. The molecule has 0 aliphatic rings. The van der Waals surface area contributed by atoms with Crippen molar-refractivity contribution in [2.75, 3.05) is 6.54 Å². The third-order valence-corrected chi connectivity index (χ3v) is 5.05. The summed E-state index contributed by atoms with van der Waals surface area (Å²) in [5.74, 6) is -1.63. The van der Waals surface area contributed by atoms with E-state index in [0.717, 1.165) is 21.5 Å². The molecule has 1 heterocycles. The van der Waals surface area contributed by atoms with Gasteiger partial charge in [0.25, 0.3) is 0 Å². The number of halogens is 3. The Morgan fingerprint density at radius 3 is 2.53 bits per heavy atom. The maximum absolute atomic E-state index is 13.4. The Labute approximate surface area is 123 Å². The Balaban J connectivity index is 2.41. The van der Waals surface area contributed by atoms with Crippen LogP contribution in [-0.2, 0) is 0 Å². The maximum Gasteiger partial charge on any atom is 0.159 e. The van der Waals surface area contributed by atoms with E-state index in [-0.39, 0.29) is 6.04 Å². The van der Waals surface area contributed by atoms with E-state index in [2.05, 4.69) is 21.2 Å². The Kier molecular flexibility index (Phi) is 4.71. The number of aryl methyl sites for hydroxylation is 1. The van der Waals surface area contributed by atoms with Gasteiger partial charge in [-0.2, -0.15) is 0 Å². The first kappa shape index (κ1) is 14.6. The molecule has 0 saturated heterocycles. The van der Waals surface area contributed by atoms with Crippen LogP contribution in [-0.4, -0.2) is 6.54 Å². The first-order chi connectivity index (χ1) is 9.02. The smallest absolute Gasteiger partial charge is 0.159 e. The van der Waals surface area contributed by atoms with Crippen LogP contribution in [0.3, 0.4) is 0 Å². The molecule has 19 heavy (non-hydrogen) atoms. The highest BCUT2D eigenvalue weighted by Gasteiger charge is 2.18. The molecule has 1 aromatic carbocycles. The average Bonchev–Trinajstić information content (AvgIpc) is 2.70. The molecular weight excluding hydrogens is 332 g/mol. The Bertz CT molecular complexity index is 563. The Morgan fingerprint density at radius 1 is 1.26 bits per heavy atom. The predicted octanol–water partition coefficient (Wildman–Crippen LogP) is 4.80. The molecule has 1 N–H and O–H groups in total. The van der Waals surface area contributed by atoms with E-state index in [4.69, 9.17) is 0 Å². The van der Waals surface area contributed by atoms with Gasteiger partial charge >= 0.3 is 0 Å². The van der Waals surface area contributed by atoms with E-state index in [1.165, 1.54) is 17.0 Å². The van der Waals surface area contributed by atoms with Gasteiger partial charge in [-0.3, -0.25) is 0 Å². The summed E-state index contributed by atoms with van der Waals surface area (Å²) in [5.41, 5.74) is 0.731. The topological polar surface area (TPSA) is 12.0 Å². The van der Waals surface area contributed by atoms with Crippen LogP contribution in [0, 0.1) is 18.6 Å². The van der Waals surface area contributed by atoms with Crippen molar-refractivity contribution in [2.45, 2.75) is 19.9 Å². The zero-order valence-electron chi connectivity index (χ0n) is 10.6. The molecule has 1 nitrogen and oxygen atoms in total. The van der Waals surface area contributed by atoms with Gasteiger partial charge < -0.3 is 5.32 Å². The lowest BCUT2D eigenvalue weighted by Crippen LogP contribution is -2.21. The lowest BCUT2D eigenvalue weighted by Gasteiger charge is -2.17. The summed E-state index contributed by atoms with van der Waals surface area (Å²) in [6.07, 6.45) is 0. The summed E-state index contributed by atoms with van der Waals surface area (Å²) < 4.78 is 27.4. The van der Waals surface area contributed by atoms with Crippen LogP contribution in [0.1, 0.15) is 28.3 Å². The highest BCUT2D eigenvalue weighted by Crippen LogP contribution is 2.34. The molecule has 5 heteroatoms. The predicted molar refractivity (Wildman–Crippen MR) is 78.6 cm³/mol. The molecule has 1 atom stereocenters. The molecule has 0 aliphatic carbocycles. The van der Waals surface area contributed by atoms with Gasteiger partial charge in [0.15, 0.2) is 11.6 Å². The van der Waals surface area contributed by atoms with Crippen molar-refractivity contribution in [3.8, 4) is 0 Å². The van der Waals surface area contributed by atoms with E-state index in [1.807, 2.05) is 19.9 Å². The number of nitrogens with one attached hydrogen (secondary N) is 1. The Morgan fingerprint density at radius 2 is 2.00 bits per heavy atom. The first-order valence-electron chi connectivity index (χ1n) is 5.97. The van der Waals surface area contributed by atoms with Crippen molar-refractivity contribution in [1.29, 1.82) is 0 Å². The molecule has 0 radical (unpaired) electrons. The van der Waals surface area contributed by atoms with Crippen LogP contribution in [0.25, 0.3) is 0 Å². The second-order valence-corrected chi connectivity index (χ2v) is 6.36. The third-order valence-electron chi connectivity index (χ3n) is 2.85. The van der Waals surface area contributed by atoms with Crippen LogP contribution >= 0.6 is 27.3 Å². The average molecular weight is 346 g/mol. The third kappa shape index (κ3) is 3.22. The van der Waals surface area contributed by atoms with Crippen LogP contribution in [0.2, 0.25) is 0 Å². The molecule has 1 unspecified atom stereocenters. The van der Waals surface area contributed by atoms with Gasteiger partial charge in [0.1, 0.15) is 0 Å². The monoisotopic (exact) mass is 345 g/mol. The van der Waals surface area contributed by atoms with E-state index in [1.54, 1.807) is 17.4 Å². The van der Waals surface area contributed by atoms with Gasteiger partial charge in [0, 0.05) is 14.2 Å². The zero-order chi connectivity index (χ0) is 14.0. The second-order valence-electron chi connectivity index (χ2n) is 4.22. The number of hydrogen-bond donors (Lipinski definition) is 1. The fourth-order valence-corrected chi connectivity index (χ4v) is 3.57. The minimum Gasteiger partial charge on any atom is -0.306 e. The second kappa shape index (κ2) is 6.11. The highest BCUT2D eigenvalue weighted by molar-refractivity contribution is 9.10. The van der Waals surface area contributed by atoms with Gasteiger partial charge in [-0.15, -0.1) is 11.3 Å². The zero-order valence-corrected chi connectivity index (χ0v) is 13.0. The minimum atomic E-state index is -0.817. The largest absolute Gasteiger partial charge is 0.306 e. The highest BCUT2D eigenvalue weighted by atomic mass is 79.9. The van der Waals surface area contributed by atoms with Crippen molar-refractivity contribution in [2.24, 2.45) is 0 Å².